The van der Waals surface area contributed by atoms with E-state index in [2.05, 4.69) is 60.5 Å². The number of pyridine rings is 1. The minimum Gasteiger partial charge on any atom is -0.486 e. The first-order chi connectivity index (χ1) is 31.3. The molecule has 3 aromatic heterocycles. The van der Waals surface area contributed by atoms with Gasteiger partial charge in [0.2, 0.25) is 0 Å². The van der Waals surface area contributed by atoms with Crippen LogP contribution in [0, 0.1) is 21.4 Å². The van der Waals surface area contributed by atoms with E-state index in [-0.39, 0.29) is 22.6 Å². The summed E-state index contributed by atoms with van der Waals surface area (Å²) in [7, 11) is -4.58. The number of hydrogen-bond donors (Lipinski definition) is 2. The maximum atomic E-state index is 14.2. The van der Waals surface area contributed by atoms with E-state index in [0.717, 1.165) is 93.7 Å². The molecular formula is C48H52ClN9O6S. The van der Waals surface area contributed by atoms with Crippen molar-refractivity contribution < 1.29 is 22.9 Å². The van der Waals surface area contributed by atoms with E-state index in [9.17, 15) is 23.3 Å². The van der Waals surface area contributed by atoms with E-state index in [0.29, 0.717) is 35.0 Å². The molecule has 3 fully saturated rings. The number of H-pyrrole nitrogens is 1. The number of ether oxygens (including phenoxy) is 1. The lowest BCUT2D eigenvalue weighted by molar-refractivity contribution is -0.386. The van der Waals surface area contributed by atoms with Crippen LogP contribution in [0.25, 0.3) is 33.3 Å². The third-order valence-electron chi connectivity index (χ3n) is 13.6. The molecule has 2 saturated heterocycles. The van der Waals surface area contributed by atoms with Crippen LogP contribution in [0.2, 0.25) is 5.02 Å². The molecule has 3 aromatic carbocycles. The molecule has 10 rings (SSSR count). The highest BCUT2D eigenvalue weighted by atomic mass is 35.5. The summed E-state index contributed by atoms with van der Waals surface area (Å²) >= 11 is 6.26. The Labute approximate surface area is 382 Å². The molecule has 338 valence electrons. The highest BCUT2D eigenvalue weighted by Crippen LogP contribution is 2.43. The Balaban J connectivity index is 0.897. The Hall–Kier alpha value is -5.81. The molecule has 0 radical (unpaired) electrons. The van der Waals surface area contributed by atoms with Crippen LogP contribution >= 0.6 is 11.6 Å². The van der Waals surface area contributed by atoms with Crippen molar-refractivity contribution in [1.82, 2.24) is 34.3 Å². The van der Waals surface area contributed by atoms with Gasteiger partial charge in [0.15, 0.2) is 11.4 Å². The second kappa shape index (κ2) is 17.2. The number of sulfonamides is 1. The van der Waals surface area contributed by atoms with Crippen LogP contribution in [-0.2, 0) is 10.0 Å². The topological polar surface area (TPSA) is 172 Å². The Morgan fingerprint density at radius 3 is 2.57 bits per heavy atom. The van der Waals surface area contributed by atoms with Crippen molar-refractivity contribution in [2.24, 2.45) is 11.3 Å². The highest BCUT2D eigenvalue weighted by molar-refractivity contribution is 7.90. The fraction of sp³-hybridized carbons (Fsp3) is 0.396. The quantitative estimate of drug-likeness (QED) is 0.0845. The summed E-state index contributed by atoms with van der Waals surface area (Å²) in [4.78, 5) is 41.6. The van der Waals surface area contributed by atoms with Gasteiger partial charge in [-0.2, -0.15) is 0 Å². The molecule has 6 aromatic rings. The molecule has 1 saturated carbocycles. The Bertz CT molecular complexity index is 2950. The second-order valence-corrected chi connectivity index (χ2v) is 20.9. The number of rotatable bonds is 13. The molecule has 17 heteroatoms. The first-order valence-corrected chi connectivity index (χ1v) is 24.3. The molecule has 4 aliphatic rings. The number of likely N-dealkylation sites (tertiary alicyclic amines) is 1. The van der Waals surface area contributed by atoms with Crippen LogP contribution in [0.1, 0.15) is 68.3 Å². The predicted molar refractivity (Wildman–Crippen MR) is 251 cm³/mol. The van der Waals surface area contributed by atoms with Gasteiger partial charge in [0.05, 0.1) is 33.2 Å². The zero-order chi connectivity index (χ0) is 45.0. The minimum atomic E-state index is -4.58. The Kier molecular flexibility index (Phi) is 11.4. The average molecular weight is 919 g/mol. The summed E-state index contributed by atoms with van der Waals surface area (Å²) in [6, 6.07) is 21.4. The lowest BCUT2D eigenvalue weighted by atomic mass is 9.72. The number of aromatic nitrogens is 4. The van der Waals surface area contributed by atoms with Crippen LogP contribution in [0.3, 0.4) is 0 Å². The van der Waals surface area contributed by atoms with Gasteiger partial charge in [0.1, 0.15) is 5.52 Å². The van der Waals surface area contributed by atoms with Crippen molar-refractivity contribution in [1.29, 1.82) is 0 Å². The highest BCUT2D eigenvalue weighted by Gasteiger charge is 2.35. The molecular weight excluding hydrogens is 866 g/mol. The summed E-state index contributed by atoms with van der Waals surface area (Å²) in [6.45, 7) is 10.9. The van der Waals surface area contributed by atoms with Gasteiger partial charge >= 0.3 is 5.69 Å². The van der Waals surface area contributed by atoms with E-state index in [4.69, 9.17) is 16.3 Å². The number of nitrogens with zero attached hydrogens (tertiary/aromatic N) is 7. The van der Waals surface area contributed by atoms with Crippen molar-refractivity contribution >= 4 is 66.5 Å². The smallest absolute Gasteiger partial charge is 0.312 e. The molecule has 1 atom stereocenters. The van der Waals surface area contributed by atoms with Gasteiger partial charge in [0.25, 0.3) is 15.9 Å². The van der Waals surface area contributed by atoms with Crippen LogP contribution in [0.4, 0.5) is 11.4 Å². The number of fused-ring (bicyclic) bond motifs is 2. The molecule has 0 spiro atoms. The van der Waals surface area contributed by atoms with Crippen molar-refractivity contribution in [3.8, 4) is 11.4 Å². The largest absolute Gasteiger partial charge is 0.486 e. The van der Waals surface area contributed by atoms with Gasteiger partial charge in [-0.15, -0.1) is 0 Å². The SMILES string of the molecule is CC1(C)CCC(CN2CCN(c3ccc(C(=O)NS(=O)(=O)c4ccc(OCC5CCN(C6CC6)C5)c([N+](=O)[O-])c4)c(-n4[nH]cc5nc6nccc6cc54)c3)CC2)=C(c2ccc(Cl)cc2)C1. The zero-order valence-corrected chi connectivity index (χ0v) is 38.1. The van der Waals surface area contributed by atoms with Gasteiger partial charge in [-0.05, 0) is 116 Å². The fourth-order valence-electron chi connectivity index (χ4n) is 9.75. The molecule has 0 bridgehead atoms. The lowest BCUT2D eigenvalue weighted by Gasteiger charge is -2.39. The van der Waals surface area contributed by atoms with E-state index in [1.165, 1.54) is 41.7 Å². The summed E-state index contributed by atoms with van der Waals surface area (Å²) in [6.07, 6.45) is 9.95. The maximum Gasteiger partial charge on any atom is 0.312 e. The van der Waals surface area contributed by atoms with E-state index < -0.39 is 31.4 Å². The van der Waals surface area contributed by atoms with Crippen molar-refractivity contribution in [3.63, 3.8) is 0 Å². The predicted octanol–water partition coefficient (Wildman–Crippen LogP) is 8.23. The summed E-state index contributed by atoms with van der Waals surface area (Å²) < 4.78 is 37.6. The van der Waals surface area contributed by atoms with E-state index in [1.807, 2.05) is 36.4 Å². The number of allylic oxidation sites excluding steroid dienone is 1. The molecule has 65 heavy (non-hydrogen) atoms. The van der Waals surface area contributed by atoms with E-state index in [1.54, 1.807) is 23.1 Å². The molecule has 2 aliphatic heterocycles. The molecule has 2 aliphatic carbocycles. The number of carbonyl (C=O) groups is 1. The number of aromatic amines is 1. The van der Waals surface area contributed by atoms with Gasteiger partial charge in [-0.25, -0.2) is 23.1 Å². The Morgan fingerprint density at radius 2 is 1.80 bits per heavy atom. The number of nitro benzene ring substituents is 1. The number of amides is 1. The number of anilines is 1. The first kappa shape index (κ1) is 43.1. The van der Waals surface area contributed by atoms with Crippen molar-refractivity contribution in [2.75, 3.05) is 57.3 Å². The number of nitrogens with one attached hydrogen (secondary N) is 2. The monoisotopic (exact) mass is 917 g/mol. The number of carbonyl (C=O) groups excluding carboxylic acids is 1. The van der Waals surface area contributed by atoms with Crippen LogP contribution in [-0.4, -0.2) is 107 Å². The van der Waals surface area contributed by atoms with Gasteiger partial charge in [0, 0.05) is 85.8 Å². The van der Waals surface area contributed by atoms with Gasteiger partial charge < -0.3 is 9.64 Å². The lowest BCUT2D eigenvalue weighted by Crippen LogP contribution is -2.47. The van der Waals surface area contributed by atoms with E-state index >= 15 is 0 Å². The number of halogens is 1. The summed E-state index contributed by atoms with van der Waals surface area (Å²) in [5.41, 5.74) is 7.04. The van der Waals surface area contributed by atoms with Crippen molar-refractivity contribution in [3.05, 3.63) is 117 Å². The molecule has 1 unspecified atom stereocenters. The number of hydrogen-bond acceptors (Lipinski definition) is 11. The molecule has 2 N–H and O–H groups in total. The normalized spacial score (nSPS) is 19.6. The summed E-state index contributed by atoms with van der Waals surface area (Å²) in [5.74, 6) is -0.687. The first-order valence-electron chi connectivity index (χ1n) is 22.4. The number of benzene rings is 3. The maximum absolute atomic E-state index is 14.2. The van der Waals surface area contributed by atoms with Gasteiger partial charge in [-0.3, -0.25) is 34.5 Å². The van der Waals surface area contributed by atoms with Gasteiger partial charge in [-0.1, -0.05) is 43.2 Å². The number of nitro groups is 1. The zero-order valence-electron chi connectivity index (χ0n) is 36.5. The van der Waals surface area contributed by atoms with Crippen LogP contribution in [0.15, 0.2) is 95.7 Å². The molecule has 5 heterocycles. The van der Waals surface area contributed by atoms with Crippen LogP contribution in [0.5, 0.6) is 5.75 Å². The summed E-state index contributed by atoms with van der Waals surface area (Å²) in [5, 5.41) is 17.0. The third-order valence-corrected chi connectivity index (χ3v) is 15.2. The number of piperazine rings is 1. The molecule has 15 nitrogen and oxygen atoms in total. The Morgan fingerprint density at radius 1 is 1.00 bits per heavy atom. The average Bonchev–Trinajstić information content (AvgIpc) is 3.63. The standard InChI is InChI=1S/C48H52ClN9O6S/c1-48(2)16-13-34(40(26-48)32-3-5-35(49)6-4-32)29-54-19-21-55(22-20-54)37-9-11-39(42(24-37)57-43-23-33-14-17-50-46(33)52-41(43)27-51-57)47(59)53-65(62,63)38-10-12-45(44(25-38)58(60)61)64-30-31-15-18-56(28-31)36-7-8-36/h3-6,9-12,14,17,23-25,27,31,36,51H,7-8,13,15-16,18-22,26,28-30H2,1-2H3,(H,53,59). The third kappa shape index (κ3) is 9.09. The van der Waals surface area contributed by atoms with Crippen LogP contribution < -0.4 is 14.4 Å². The fourth-order valence-corrected chi connectivity index (χ4v) is 10.9. The minimum absolute atomic E-state index is 0.0144. The molecule has 1 amide bonds. The second-order valence-electron chi connectivity index (χ2n) is 18.8. The van der Waals surface area contributed by atoms with Crippen molar-refractivity contribution in [2.45, 2.75) is 63.3 Å².